The van der Waals surface area contributed by atoms with Crippen LogP contribution in [-0.4, -0.2) is 29.3 Å². The van der Waals surface area contributed by atoms with Crippen LogP contribution in [0.3, 0.4) is 0 Å². The first-order valence-corrected chi connectivity index (χ1v) is 10.9. The minimum absolute atomic E-state index is 0.240. The molecule has 0 fully saturated rings. The number of nitrogens with one attached hydrogen (secondary N) is 1. The van der Waals surface area contributed by atoms with Crippen molar-refractivity contribution < 1.29 is 19.4 Å². The van der Waals surface area contributed by atoms with E-state index in [0.717, 1.165) is 0 Å². The first-order chi connectivity index (χ1) is 15.3. The molecule has 8 heteroatoms. The number of carbonyl (C=O) groups is 2. The molecule has 0 saturated heterocycles. The minimum Gasteiger partial charge on any atom is -0.462 e. The molecule has 4 N–H and O–H groups in total. The molecule has 0 atom stereocenters. The summed E-state index contributed by atoms with van der Waals surface area (Å²) in [5.41, 5.74) is 8.77. The number of carbonyl (C=O) groups excluding carboxylic acids is 2. The van der Waals surface area contributed by atoms with Crippen LogP contribution in [-0.2, 0) is 15.1 Å². The Morgan fingerprint density at radius 2 is 1.62 bits per heavy atom. The van der Waals surface area contributed by atoms with Crippen LogP contribution in [0.15, 0.2) is 65.8 Å². The molecule has 3 rings (SSSR count). The van der Waals surface area contributed by atoms with E-state index < -0.39 is 17.5 Å². The number of benzene rings is 2. The van der Waals surface area contributed by atoms with Gasteiger partial charge in [0, 0.05) is 0 Å². The third-order valence-corrected chi connectivity index (χ3v) is 6.25. The van der Waals surface area contributed by atoms with Gasteiger partial charge in [0.05, 0.1) is 22.8 Å². The van der Waals surface area contributed by atoms with Crippen LogP contribution in [0.4, 0.5) is 5.00 Å². The van der Waals surface area contributed by atoms with E-state index in [1.165, 1.54) is 11.3 Å². The number of aliphatic hydroxyl groups is 1. The molecule has 0 aliphatic heterocycles. The quantitative estimate of drug-likeness (QED) is 0.289. The Balaban J connectivity index is 1.93. The van der Waals surface area contributed by atoms with Crippen molar-refractivity contribution in [2.24, 2.45) is 5.10 Å². The zero-order valence-corrected chi connectivity index (χ0v) is 18.9. The Hall–Kier alpha value is -3.49. The van der Waals surface area contributed by atoms with Crippen LogP contribution in [0.2, 0.25) is 0 Å². The number of hydrazone groups is 1. The number of ether oxygens (including phenoxy) is 1. The lowest BCUT2D eigenvalue weighted by molar-refractivity contribution is -0.136. The molecular weight excluding hydrogens is 426 g/mol. The van der Waals surface area contributed by atoms with E-state index in [-0.39, 0.29) is 6.61 Å². The molecular formula is C24H25N3O4S. The topological polar surface area (TPSA) is 114 Å². The van der Waals surface area contributed by atoms with Gasteiger partial charge >= 0.3 is 5.97 Å². The van der Waals surface area contributed by atoms with Gasteiger partial charge in [-0.3, -0.25) is 4.79 Å². The zero-order valence-electron chi connectivity index (χ0n) is 18.1. The van der Waals surface area contributed by atoms with E-state index in [9.17, 15) is 14.7 Å². The maximum Gasteiger partial charge on any atom is 0.341 e. The van der Waals surface area contributed by atoms with Crippen LogP contribution in [0.25, 0.3) is 0 Å². The van der Waals surface area contributed by atoms with Gasteiger partial charge in [-0.2, -0.15) is 5.10 Å². The summed E-state index contributed by atoms with van der Waals surface area (Å²) in [5.74, 6) is -1.20. The van der Waals surface area contributed by atoms with Crippen molar-refractivity contribution >= 4 is 33.9 Å². The predicted molar refractivity (Wildman–Crippen MR) is 126 cm³/mol. The van der Waals surface area contributed by atoms with Gasteiger partial charge in [0.15, 0.2) is 5.60 Å². The highest BCUT2D eigenvalue weighted by Crippen LogP contribution is 2.32. The summed E-state index contributed by atoms with van der Waals surface area (Å²) in [5, 5.41) is 16.0. The van der Waals surface area contributed by atoms with E-state index in [1.54, 1.807) is 81.4 Å². The normalized spacial score (nSPS) is 11.8. The Kier molecular flexibility index (Phi) is 7.07. The molecule has 1 heterocycles. The lowest BCUT2D eigenvalue weighted by Crippen LogP contribution is -2.43. The van der Waals surface area contributed by atoms with E-state index in [4.69, 9.17) is 10.5 Å². The van der Waals surface area contributed by atoms with Gasteiger partial charge < -0.3 is 15.6 Å². The van der Waals surface area contributed by atoms with Gasteiger partial charge in [-0.25, -0.2) is 10.2 Å². The predicted octanol–water partition coefficient (Wildman–Crippen LogP) is 3.59. The fourth-order valence-corrected chi connectivity index (χ4v) is 4.40. The molecule has 1 amide bonds. The molecule has 2 aromatic carbocycles. The van der Waals surface area contributed by atoms with Crippen molar-refractivity contribution in [3.8, 4) is 0 Å². The minimum atomic E-state index is -1.94. The number of amides is 1. The first-order valence-electron chi connectivity index (χ1n) is 10.0. The van der Waals surface area contributed by atoms with Gasteiger partial charge in [0.1, 0.15) is 5.00 Å². The average Bonchev–Trinajstić information content (AvgIpc) is 3.11. The Morgan fingerprint density at radius 1 is 1.09 bits per heavy atom. The highest BCUT2D eigenvalue weighted by atomic mass is 32.1. The fraction of sp³-hybridized carbons (Fsp3) is 0.208. The highest BCUT2D eigenvalue weighted by Gasteiger charge is 2.40. The summed E-state index contributed by atoms with van der Waals surface area (Å²) in [4.78, 5) is 26.0. The number of rotatable bonds is 7. The van der Waals surface area contributed by atoms with Crippen molar-refractivity contribution in [1.29, 1.82) is 0 Å². The number of hydrogen-bond donors (Lipinski definition) is 3. The standard InChI is InChI=1S/C24H25N3O4S/c1-4-31-22(28)19-15(2)20(32-21(19)25)16(3)26-27-23(29)24(30,17-11-7-5-8-12-17)18-13-9-6-10-14-18/h5-14,30H,4,25H2,1-3H3,(H,27,29)/b26-16+. The van der Waals surface area contributed by atoms with Crippen LogP contribution < -0.4 is 11.2 Å². The number of esters is 1. The van der Waals surface area contributed by atoms with E-state index in [1.807, 2.05) is 0 Å². The van der Waals surface area contributed by atoms with Crippen LogP contribution in [0.1, 0.15) is 45.8 Å². The smallest absolute Gasteiger partial charge is 0.341 e. The van der Waals surface area contributed by atoms with Gasteiger partial charge in [-0.1, -0.05) is 60.7 Å². The lowest BCUT2D eigenvalue weighted by Gasteiger charge is -2.27. The summed E-state index contributed by atoms with van der Waals surface area (Å²) in [6.07, 6.45) is 0. The summed E-state index contributed by atoms with van der Waals surface area (Å²) in [6, 6.07) is 17.3. The Labute approximate surface area is 190 Å². The summed E-state index contributed by atoms with van der Waals surface area (Å²) in [6.45, 7) is 5.40. The summed E-state index contributed by atoms with van der Waals surface area (Å²) < 4.78 is 5.07. The number of hydrogen-bond acceptors (Lipinski definition) is 7. The van der Waals surface area contributed by atoms with Crippen molar-refractivity contribution in [1.82, 2.24) is 5.43 Å². The van der Waals surface area contributed by atoms with Crippen molar-refractivity contribution in [3.05, 3.63) is 87.8 Å². The maximum atomic E-state index is 13.2. The third kappa shape index (κ3) is 4.42. The molecule has 7 nitrogen and oxygen atoms in total. The summed E-state index contributed by atoms with van der Waals surface area (Å²) in [7, 11) is 0. The lowest BCUT2D eigenvalue weighted by atomic mass is 9.85. The van der Waals surface area contributed by atoms with Crippen LogP contribution in [0.5, 0.6) is 0 Å². The summed E-state index contributed by atoms with van der Waals surface area (Å²) >= 11 is 1.19. The van der Waals surface area contributed by atoms with Crippen LogP contribution >= 0.6 is 11.3 Å². The number of nitrogens with zero attached hydrogens (tertiary/aromatic N) is 1. The van der Waals surface area contributed by atoms with E-state index >= 15 is 0 Å². The molecule has 0 saturated carbocycles. The fourth-order valence-electron chi connectivity index (χ4n) is 3.39. The number of nitrogen functional groups attached to an aromatic ring is 1. The molecule has 166 valence electrons. The van der Waals surface area contributed by atoms with Gasteiger partial charge in [-0.05, 0) is 37.5 Å². The van der Waals surface area contributed by atoms with Gasteiger partial charge in [0.2, 0.25) is 0 Å². The molecule has 0 radical (unpaired) electrons. The number of nitrogens with two attached hydrogens (primary N) is 1. The second kappa shape index (κ2) is 9.76. The molecule has 32 heavy (non-hydrogen) atoms. The third-order valence-electron chi connectivity index (χ3n) is 5.02. The van der Waals surface area contributed by atoms with Crippen molar-refractivity contribution in [3.63, 3.8) is 0 Å². The molecule has 0 aliphatic carbocycles. The molecule has 0 unspecified atom stereocenters. The Morgan fingerprint density at radius 3 is 2.12 bits per heavy atom. The first kappa shape index (κ1) is 23.2. The molecule has 0 spiro atoms. The molecule has 1 aromatic heterocycles. The largest absolute Gasteiger partial charge is 0.462 e. The highest BCUT2D eigenvalue weighted by molar-refractivity contribution is 7.18. The molecule has 0 aliphatic rings. The Bertz CT molecular complexity index is 1100. The van der Waals surface area contributed by atoms with E-state index in [0.29, 0.717) is 37.8 Å². The maximum absolute atomic E-state index is 13.2. The zero-order chi connectivity index (χ0) is 23.3. The monoisotopic (exact) mass is 451 g/mol. The van der Waals surface area contributed by atoms with E-state index in [2.05, 4.69) is 10.5 Å². The molecule has 3 aromatic rings. The van der Waals surface area contributed by atoms with Crippen molar-refractivity contribution in [2.45, 2.75) is 26.4 Å². The van der Waals surface area contributed by atoms with Crippen LogP contribution in [0, 0.1) is 6.92 Å². The van der Waals surface area contributed by atoms with Gasteiger partial charge in [0.25, 0.3) is 5.91 Å². The second-order valence-electron chi connectivity index (χ2n) is 7.10. The average molecular weight is 452 g/mol. The number of thiophene rings is 1. The second-order valence-corrected chi connectivity index (χ2v) is 8.15. The molecule has 0 bridgehead atoms. The van der Waals surface area contributed by atoms with Gasteiger partial charge in [-0.15, -0.1) is 11.3 Å². The van der Waals surface area contributed by atoms with Crippen molar-refractivity contribution in [2.75, 3.05) is 12.3 Å². The SMILES string of the molecule is CCOC(=O)c1c(N)sc(/C(C)=N/NC(=O)C(O)(c2ccccc2)c2ccccc2)c1C. The number of anilines is 1.